The van der Waals surface area contributed by atoms with E-state index in [0.717, 1.165) is 31.9 Å². The summed E-state index contributed by atoms with van der Waals surface area (Å²) < 4.78 is 5.29. The monoisotopic (exact) mass is 269 g/mol. The fourth-order valence-electron chi connectivity index (χ4n) is 2.64. The molecule has 20 heavy (non-hydrogen) atoms. The number of ether oxygens (including phenoxy) is 1. The Morgan fingerprint density at radius 3 is 2.60 bits per heavy atom. The van der Waals surface area contributed by atoms with Crippen molar-refractivity contribution in [2.24, 2.45) is 0 Å². The van der Waals surface area contributed by atoms with Crippen LogP contribution in [0.2, 0.25) is 0 Å². The maximum atomic E-state index is 12.1. The second kappa shape index (κ2) is 6.16. The molecule has 2 aromatic rings. The molecule has 0 aliphatic carbocycles. The van der Waals surface area contributed by atoms with Gasteiger partial charge in [0.25, 0.3) is 0 Å². The van der Waals surface area contributed by atoms with Crippen molar-refractivity contribution in [3.8, 4) is 0 Å². The number of benzene rings is 2. The molecule has 0 spiro atoms. The number of rotatable bonds is 4. The summed E-state index contributed by atoms with van der Waals surface area (Å²) in [7, 11) is 0. The molecule has 0 atom stereocenters. The molecular weight excluding hydrogens is 250 g/mol. The van der Waals surface area contributed by atoms with E-state index in [-0.39, 0.29) is 5.78 Å². The van der Waals surface area contributed by atoms with Gasteiger partial charge in [0.15, 0.2) is 5.78 Å². The summed E-state index contributed by atoms with van der Waals surface area (Å²) in [5.41, 5.74) is 1.10. The van der Waals surface area contributed by atoms with Gasteiger partial charge in [0.2, 0.25) is 0 Å². The van der Waals surface area contributed by atoms with E-state index in [4.69, 9.17) is 4.74 Å². The van der Waals surface area contributed by atoms with Crippen molar-refractivity contribution in [1.29, 1.82) is 0 Å². The Labute approximate surface area is 119 Å². The fourth-order valence-corrected chi connectivity index (χ4v) is 2.64. The van der Waals surface area contributed by atoms with Gasteiger partial charge >= 0.3 is 0 Å². The predicted octanol–water partition coefficient (Wildman–Crippen LogP) is 2.28. The van der Waals surface area contributed by atoms with Crippen molar-refractivity contribution < 1.29 is 9.53 Å². The van der Waals surface area contributed by atoms with Crippen LogP contribution in [0.3, 0.4) is 0 Å². The maximum absolute atomic E-state index is 12.1. The summed E-state index contributed by atoms with van der Waals surface area (Å²) in [5, 5.41) is 2.42. The quantitative estimate of drug-likeness (QED) is 0.853. The van der Waals surface area contributed by atoms with Crippen LogP contribution in [0, 0.1) is 0 Å². The minimum Gasteiger partial charge on any atom is -0.379 e. The van der Waals surface area contributed by atoms with Crippen molar-refractivity contribution in [2.75, 3.05) is 32.8 Å². The average molecular weight is 269 g/mol. The van der Waals surface area contributed by atoms with Crippen LogP contribution in [-0.2, 0) is 16.0 Å². The molecule has 104 valence electrons. The number of morpholine rings is 1. The highest BCUT2D eigenvalue weighted by Crippen LogP contribution is 2.16. The van der Waals surface area contributed by atoms with Gasteiger partial charge in [-0.15, -0.1) is 0 Å². The van der Waals surface area contributed by atoms with Gasteiger partial charge in [0, 0.05) is 19.5 Å². The molecule has 0 aromatic heterocycles. The zero-order valence-electron chi connectivity index (χ0n) is 11.5. The predicted molar refractivity (Wildman–Crippen MR) is 79.9 cm³/mol. The third-order valence-electron chi connectivity index (χ3n) is 3.72. The van der Waals surface area contributed by atoms with Gasteiger partial charge in [0.05, 0.1) is 19.8 Å². The number of carbonyl (C=O) groups excluding carboxylic acids is 1. The summed E-state index contributed by atoms with van der Waals surface area (Å²) in [5.74, 6) is 0.280. The Morgan fingerprint density at radius 1 is 1.05 bits per heavy atom. The zero-order chi connectivity index (χ0) is 13.8. The summed E-state index contributed by atoms with van der Waals surface area (Å²) in [6.45, 7) is 3.75. The van der Waals surface area contributed by atoms with E-state index < -0.39 is 0 Å². The molecule has 3 nitrogen and oxygen atoms in total. The highest BCUT2D eigenvalue weighted by atomic mass is 16.5. The van der Waals surface area contributed by atoms with E-state index in [2.05, 4.69) is 35.2 Å². The first-order valence-corrected chi connectivity index (χ1v) is 7.11. The summed E-state index contributed by atoms with van der Waals surface area (Å²) in [4.78, 5) is 14.3. The van der Waals surface area contributed by atoms with E-state index in [0.29, 0.717) is 13.0 Å². The first-order valence-electron chi connectivity index (χ1n) is 7.11. The Morgan fingerprint density at radius 2 is 1.80 bits per heavy atom. The topological polar surface area (TPSA) is 29.5 Å². The first-order chi connectivity index (χ1) is 9.81. The van der Waals surface area contributed by atoms with Crippen LogP contribution in [0.5, 0.6) is 0 Å². The van der Waals surface area contributed by atoms with Gasteiger partial charge in [0.1, 0.15) is 0 Å². The molecule has 0 bridgehead atoms. The Kier molecular flexibility index (Phi) is 4.09. The molecular formula is C17H19NO2. The van der Waals surface area contributed by atoms with Crippen LogP contribution in [0.1, 0.15) is 5.56 Å². The van der Waals surface area contributed by atoms with Crippen molar-refractivity contribution >= 4 is 16.6 Å². The van der Waals surface area contributed by atoms with Crippen molar-refractivity contribution in [3.63, 3.8) is 0 Å². The number of Topliss-reactive ketones (excluding diaryl/α,β-unsaturated/α-hetero) is 1. The van der Waals surface area contributed by atoms with Gasteiger partial charge < -0.3 is 4.74 Å². The normalized spacial score (nSPS) is 16.4. The molecule has 0 radical (unpaired) electrons. The van der Waals surface area contributed by atoms with Gasteiger partial charge in [-0.3, -0.25) is 9.69 Å². The number of hydrogen-bond donors (Lipinski definition) is 0. The lowest BCUT2D eigenvalue weighted by molar-refractivity contribution is -0.120. The molecule has 1 aliphatic heterocycles. The lowest BCUT2D eigenvalue weighted by Gasteiger charge is -2.25. The first kappa shape index (κ1) is 13.3. The Balaban J connectivity index is 1.64. The van der Waals surface area contributed by atoms with Gasteiger partial charge in [-0.25, -0.2) is 0 Å². The maximum Gasteiger partial charge on any atom is 0.151 e. The lowest BCUT2D eigenvalue weighted by atomic mass is 10.0. The molecule has 0 saturated carbocycles. The molecule has 1 saturated heterocycles. The summed E-state index contributed by atoms with van der Waals surface area (Å²) in [6.07, 6.45) is 0.516. The molecule has 3 rings (SSSR count). The van der Waals surface area contributed by atoms with Crippen molar-refractivity contribution in [1.82, 2.24) is 4.90 Å². The van der Waals surface area contributed by atoms with Crippen LogP contribution in [0.15, 0.2) is 42.5 Å². The van der Waals surface area contributed by atoms with Crippen LogP contribution in [-0.4, -0.2) is 43.5 Å². The zero-order valence-corrected chi connectivity index (χ0v) is 11.5. The van der Waals surface area contributed by atoms with Gasteiger partial charge in [-0.05, 0) is 16.3 Å². The van der Waals surface area contributed by atoms with Crippen LogP contribution >= 0.6 is 0 Å². The Bertz CT molecular complexity index is 603. The number of nitrogens with zero attached hydrogens (tertiary/aromatic N) is 1. The number of fused-ring (bicyclic) bond motifs is 1. The number of hydrogen-bond acceptors (Lipinski definition) is 3. The third kappa shape index (κ3) is 3.24. The molecule has 3 heteroatoms. The average Bonchev–Trinajstić information content (AvgIpc) is 2.48. The SMILES string of the molecule is O=C(Cc1ccc2ccccc2c1)CN1CCOCC1. The standard InChI is InChI=1S/C17H19NO2/c19-17(13-18-7-9-20-10-8-18)12-14-5-6-15-3-1-2-4-16(15)11-14/h1-6,11H,7-10,12-13H2. The van der Waals surface area contributed by atoms with Crippen molar-refractivity contribution in [3.05, 3.63) is 48.0 Å². The second-order valence-electron chi connectivity index (χ2n) is 5.29. The summed E-state index contributed by atoms with van der Waals surface area (Å²) >= 11 is 0. The third-order valence-corrected chi connectivity index (χ3v) is 3.72. The van der Waals surface area contributed by atoms with E-state index in [1.807, 2.05) is 12.1 Å². The van der Waals surface area contributed by atoms with E-state index in [9.17, 15) is 4.79 Å². The second-order valence-corrected chi connectivity index (χ2v) is 5.29. The lowest BCUT2D eigenvalue weighted by Crippen LogP contribution is -2.39. The van der Waals surface area contributed by atoms with E-state index >= 15 is 0 Å². The Hall–Kier alpha value is -1.71. The molecule has 1 heterocycles. The molecule has 0 amide bonds. The van der Waals surface area contributed by atoms with Crippen LogP contribution in [0.4, 0.5) is 0 Å². The van der Waals surface area contributed by atoms with Crippen LogP contribution in [0.25, 0.3) is 10.8 Å². The minimum atomic E-state index is 0.280. The highest BCUT2D eigenvalue weighted by Gasteiger charge is 2.14. The number of carbonyl (C=O) groups is 1. The smallest absolute Gasteiger partial charge is 0.151 e. The minimum absolute atomic E-state index is 0.280. The highest BCUT2D eigenvalue weighted by molar-refractivity contribution is 5.86. The van der Waals surface area contributed by atoms with Gasteiger partial charge in [-0.2, -0.15) is 0 Å². The van der Waals surface area contributed by atoms with E-state index in [1.165, 1.54) is 10.8 Å². The number of ketones is 1. The molecule has 1 fully saturated rings. The largest absolute Gasteiger partial charge is 0.379 e. The summed E-state index contributed by atoms with van der Waals surface area (Å²) in [6, 6.07) is 14.5. The fraction of sp³-hybridized carbons (Fsp3) is 0.353. The molecule has 0 unspecified atom stereocenters. The molecule has 1 aliphatic rings. The molecule has 2 aromatic carbocycles. The van der Waals surface area contributed by atoms with Crippen LogP contribution < -0.4 is 0 Å². The van der Waals surface area contributed by atoms with E-state index in [1.54, 1.807) is 0 Å². The van der Waals surface area contributed by atoms with Gasteiger partial charge in [-0.1, -0.05) is 42.5 Å². The molecule has 0 N–H and O–H groups in total. The van der Waals surface area contributed by atoms with Crippen molar-refractivity contribution in [2.45, 2.75) is 6.42 Å².